The van der Waals surface area contributed by atoms with E-state index in [4.69, 9.17) is 9.47 Å². The maximum absolute atomic E-state index is 12.1. The maximum atomic E-state index is 12.1. The quantitative estimate of drug-likeness (QED) is 0.464. The summed E-state index contributed by atoms with van der Waals surface area (Å²) in [5.41, 5.74) is 0.564. The predicted octanol–water partition coefficient (Wildman–Crippen LogP) is 1.61. The van der Waals surface area contributed by atoms with Gasteiger partial charge in [-0.15, -0.1) is 0 Å². The van der Waals surface area contributed by atoms with Crippen LogP contribution in [0.1, 0.15) is 23.7 Å². The molecule has 1 fully saturated rings. The molecule has 20 heavy (non-hydrogen) atoms. The van der Waals surface area contributed by atoms with Crippen molar-refractivity contribution in [2.45, 2.75) is 13.3 Å². The van der Waals surface area contributed by atoms with E-state index in [1.54, 1.807) is 31.2 Å². The first-order valence-corrected chi connectivity index (χ1v) is 6.55. The lowest BCUT2D eigenvalue weighted by molar-refractivity contribution is -0.156. The molecule has 0 N–H and O–H groups in total. The molecule has 1 aliphatic heterocycles. The third-order valence-electron chi connectivity index (χ3n) is 3.25. The molecule has 1 aliphatic rings. The second-order valence-corrected chi connectivity index (χ2v) is 4.61. The van der Waals surface area contributed by atoms with Gasteiger partial charge >= 0.3 is 11.9 Å². The van der Waals surface area contributed by atoms with Crippen LogP contribution in [0.15, 0.2) is 30.3 Å². The fourth-order valence-electron chi connectivity index (χ4n) is 2.25. The van der Waals surface area contributed by atoms with E-state index >= 15 is 0 Å². The summed E-state index contributed by atoms with van der Waals surface area (Å²) in [6.07, 6.45) is 0.0965. The fraction of sp³-hybridized carbons (Fsp3) is 0.400. The summed E-state index contributed by atoms with van der Waals surface area (Å²) in [7, 11) is 0. The van der Waals surface area contributed by atoms with Gasteiger partial charge in [0.15, 0.2) is 11.7 Å². The Kier molecular flexibility index (Phi) is 4.50. The molecule has 1 heterocycles. The average molecular weight is 276 g/mol. The zero-order valence-electron chi connectivity index (χ0n) is 11.2. The van der Waals surface area contributed by atoms with Crippen LogP contribution in [0.25, 0.3) is 0 Å². The number of hydrogen-bond donors (Lipinski definition) is 0. The van der Waals surface area contributed by atoms with Gasteiger partial charge in [0, 0.05) is 17.9 Å². The van der Waals surface area contributed by atoms with E-state index in [1.165, 1.54) is 0 Å². The average Bonchev–Trinajstić information content (AvgIpc) is 2.81. The number of Topliss-reactive ketones (excluding diaryl/α,β-unsaturated/α-hetero) is 1. The van der Waals surface area contributed by atoms with E-state index in [2.05, 4.69) is 0 Å². The molecule has 0 bridgehead atoms. The third-order valence-corrected chi connectivity index (χ3v) is 3.25. The van der Waals surface area contributed by atoms with Crippen molar-refractivity contribution in [2.24, 2.45) is 11.8 Å². The molecule has 0 radical (unpaired) electrons. The lowest BCUT2D eigenvalue weighted by Crippen LogP contribution is -2.29. The Morgan fingerprint density at radius 3 is 2.65 bits per heavy atom. The summed E-state index contributed by atoms with van der Waals surface area (Å²) in [6.45, 7) is 1.95. The second kappa shape index (κ2) is 6.32. The van der Waals surface area contributed by atoms with Gasteiger partial charge in [-0.2, -0.15) is 0 Å². The summed E-state index contributed by atoms with van der Waals surface area (Å²) in [6, 6.07) is 8.78. The van der Waals surface area contributed by atoms with E-state index in [0.717, 1.165) is 0 Å². The molecule has 5 nitrogen and oxygen atoms in total. The number of carbonyl (C=O) groups is 3. The van der Waals surface area contributed by atoms with Crippen LogP contribution in [0, 0.1) is 11.8 Å². The number of ether oxygens (including phenoxy) is 2. The highest BCUT2D eigenvalue weighted by atomic mass is 16.6. The SMILES string of the molecule is CCOC(=O)C1C(=O)OCC1CC(=O)c1ccccc1. The molecular formula is C15H16O5. The molecule has 2 unspecified atom stereocenters. The van der Waals surface area contributed by atoms with E-state index in [0.29, 0.717) is 5.56 Å². The third kappa shape index (κ3) is 3.04. The molecule has 1 saturated heterocycles. The molecule has 0 amide bonds. The molecule has 2 rings (SSSR count). The minimum absolute atomic E-state index is 0.0842. The molecule has 0 aromatic heterocycles. The summed E-state index contributed by atoms with van der Waals surface area (Å²) in [4.78, 5) is 35.4. The standard InChI is InChI=1S/C15H16O5/c1-2-19-14(17)13-11(9-20-15(13)18)8-12(16)10-6-4-3-5-7-10/h3-7,11,13H,2,8-9H2,1H3. The first kappa shape index (κ1) is 14.2. The highest BCUT2D eigenvalue weighted by molar-refractivity contribution is 6.00. The fourth-order valence-corrected chi connectivity index (χ4v) is 2.25. The highest BCUT2D eigenvalue weighted by Gasteiger charge is 2.44. The number of cyclic esters (lactones) is 1. The van der Waals surface area contributed by atoms with Gasteiger partial charge in [-0.05, 0) is 6.92 Å². The molecule has 5 heteroatoms. The van der Waals surface area contributed by atoms with Crippen LogP contribution in [0.4, 0.5) is 0 Å². The summed E-state index contributed by atoms with van der Waals surface area (Å²) in [5, 5.41) is 0. The normalized spacial score (nSPS) is 21.4. The summed E-state index contributed by atoms with van der Waals surface area (Å²) < 4.78 is 9.75. The van der Waals surface area contributed by atoms with Crippen molar-refractivity contribution < 1.29 is 23.9 Å². The van der Waals surface area contributed by atoms with Gasteiger partial charge in [0.2, 0.25) is 0 Å². The second-order valence-electron chi connectivity index (χ2n) is 4.61. The van der Waals surface area contributed by atoms with E-state index < -0.39 is 23.8 Å². The van der Waals surface area contributed by atoms with Crippen LogP contribution in [0.5, 0.6) is 0 Å². The van der Waals surface area contributed by atoms with Crippen molar-refractivity contribution in [1.29, 1.82) is 0 Å². The van der Waals surface area contributed by atoms with Crippen LogP contribution >= 0.6 is 0 Å². The Hall–Kier alpha value is -2.17. The molecule has 2 atom stereocenters. The Morgan fingerprint density at radius 2 is 2.00 bits per heavy atom. The summed E-state index contributed by atoms with van der Waals surface area (Å²) >= 11 is 0. The van der Waals surface area contributed by atoms with Gasteiger partial charge in [0.1, 0.15) is 0 Å². The van der Waals surface area contributed by atoms with Crippen molar-refractivity contribution in [2.75, 3.05) is 13.2 Å². The van der Waals surface area contributed by atoms with Gasteiger partial charge in [-0.25, -0.2) is 0 Å². The van der Waals surface area contributed by atoms with Crippen LogP contribution < -0.4 is 0 Å². The Labute approximate surface area is 116 Å². The topological polar surface area (TPSA) is 69.7 Å². The molecule has 0 aliphatic carbocycles. The Bertz CT molecular complexity index is 508. The number of hydrogen-bond acceptors (Lipinski definition) is 5. The maximum Gasteiger partial charge on any atom is 0.320 e. The Balaban J connectivity index is 2.06. The van der Waals surface area contributed by atoms with Crippen LogP contribution in [0.2, 0.25) is 0 Å². The van der Waals surface area contributed by atoms with Gasteiger partial charge in [0.05, 0.1) is 13.2 Å². The van der Waals surface area contributed by atoms with Crippen molar-refractivity contribution in [1.82, 2.24) is 0 Å². The van der Waals surface area contributed by atoms with Crippen LogP contribution in [0.3, 0.4) is 0 Å². The molecule has 1 aromatic carbocycles. The molecule has 0 spiro atoms. The predicted molar refractivity (Wildman–Crippen MR) is 70.0 cm³/mol. The van der Waals surface area contributed by atoms with Gasteiger partial charge < -0.3 is 9.47 Å². The number of esters is 2. The molecular weight excluding hydrogens is 260 g/mol. The highest BCUT2D eigenvalue weighted by Crippen LogP contribution is 2.27. The van der Waals surface area contributed by atoms with E-state index in [1.807, 2.05) is 6.07 Å². The van der Waals surface area contributed by atoms with E-state index in [-0.39, 0.29) is 25.4 Å². The zero-order valence-corrected chi connectivity index (χ0v) is 11.2. The van der Waals surface area contributed by atoms with Crippen molar-refractivity contribution in [3.63, 3.8) is 0 Å². The number of rotatable bonds is 5. The zero-order chi connectivity index (χ0) is 14.5. The largest absolute Gasteiger partial charge is 0.465 e. The molecule has 106 valence electrons. The molecule has 0 saturated carbocycles. The molecule has 1 aromatic rings. The summed E-state index contributed by atoms with van der Waals surface area (Å²) in [5.74, 6) is -2.75. The van der Waals surface area contributed by atoms with Crippen molar-refractivity contribution in [3.8, 4) is 0 Å². The first-order valence-electron chi connectivity index (χ1n) is 6.55. The van der Waals surface area contributed by atoms with Gasteiger partial charge in [-0.1, -0.05) is 30.3 Å². The van der Waals surface area contributed by atoms with E-state index in [9.17, 15) is 14.4 Å². The lowest BCUT2D eigenvalue weighted by Gasteiger charge is -2.13. The minimum Gasteiger partial charge on any atom is -0.465 e. The van der Waals surface area contributed by atoms with Gasteiger partial charge in [-0.3, -0.25) is 14.4 Å². The first-order chi connectivity index (χ1) is 9.63. The van der Waals surface area contributed by atoms with Crippen molar-refractivity contribution in [3.05, 3.63) is 35.9 Å². The number of benzene rings is 1. The van der Waals surface area contributed by atoms with Crippen LogP contribution in [-0.2, 0) is 19.1 Å². The lowest BCUT2D eigenvalue weighted by atomic mass is 9.89. The van der Waals surface area contributed by atoms with Crippen molar-refractivity contribution >= 4 is 17.7 Å². The van der Waals surface area contributed by atoms with Gasteiger partial charge in [0.25, 0.3) is 0 Å². The minimum atomic E-state index is -0.984. The number of ketones is 1. The monoisotopic (exact) mass is 276 g/mol. The smallest absolute Gasteiger partial charge is 0.320 e. The Morgan fingerprint density at radius 1 is 1.30 bits per heavy atom. The number of carbonyl (C=O) groups excluding carboxylic acids is 3. The van der Waals surface area contributed by atoms with Crippen LogP contribution in [-0.4, -0.2) is 30.9 Å².